The maximum atomic E-state index is 12.2. The third kappa shape index (κ3) is 2.13. The van der Waals surface area contributed by atoms with Crippen molar-refractivity contribution >= 4 is 23.2 Å². The Balaban J connectivity index is 1.80. The Morgan fingerprint density at radius 2 is 2.25 bits per heavy atom. The molecule has 0 bridgehead atoms. The molecule has 3 rings (SSSR count). The number of hydrogen-bond acceptors (Lipinski definition) is 4. The van der Waals surface area contributed by atoms with Gasteiger partial charge in [0.05, 0.1) is 17.3 Å². The standard InChI is InChI=1S/C13H12N4O3/c18-11-5-4-9(13(20)16-11)15-12(19)8-7-14-17-6-2-1-3-10(8)17/h1-3,6-7,9H,4-5H2,(H,15,19)(H,16,18,20)/t9-/m1/s1. The number of hydrogen-bond donors (Lipinski definition) is 2. The maximum absolute atomic E-state index is 12.2. The lowest BCUT2D eigenvalue weighted by molar-refractivity contribution is -0.134. The number of amides is 3. The van der Waals surface area contributed by atoms with Crippen LogP contribution in [-0.2, 0) is 9.59 Å². The number of rotatable bonds is 2. The summed E-state index contributed by atoms with van der Waals surface area (Å²) in [6.07, 6.45) is 3.73. The molecule has 7 heteroatoms. The van der Waals surface area contributed by atoms with Gasteiger partial charge in [-0.05, 0) is 18.6 Å². The Morgan fingerprint density at radius 3 is 3.05 bits per heavy atom. The summed E-state index contributed by atoms with van der Waals surface area (Å²) in [6.45, 7) is 0. The lowest BCUT2D eigenvalue weighted by Crippen LogP contribution is -2.52. The monoisotopic (exact) mass is 272 g/mol. The summed E-state index contributed by atoms with van der Waals surface area (Å²) < 4.78 is 1.58. The molecule has 0 aliphatic carbocycles. The topological polar surface area (TPSA) is 92.6 Å². The van der Waals surface area contributed by atoms with E-state index in [-0.39, 0.29) is 18.2 Å². The van der Waals surface area contributed by atoms with Crippen molar-refractivity contribution in [1.82, 2.24) is 20.2 Å². The molecule has 2 aromatic rings. The highest BCUT2D eigenvalue weighted by Crippen LogP contribution is 2.11. The van der Waals surface area contributed by atoms with E-state index in [9.17, 15) is 14.4 Å². The lowest BCUT2D eigenvalue weighted by Gasteiger charge is -2.21. The van der Waals surface area contributed by atoms with E-state index in [1.807, 2.05) is 6.07 Å². The average molecular weight is 272 g/mol. The molecule has 1 atom stereocenters. The third-order valence-electron chi connectivity index (χ3n) is 3.22. The van der Waals surface area contributed by atoms with E-state index in [0.717, 1.165) is 0 Å². The minimum absolute atomic E-state index is 0.228. The number of imide groups is 1. The Kier molecular flexibility index (Phi) is 2.94. The van der Waals surface area contributed by atoms with Crippen molar-refractivity contribution in [3.8, 4) is 0 Å². The first-order valence-corrected chi connectivity index (χ1v) is 6.22. The molecule has 0 unspecified atom stereocenters. The van der Waals surface area contributed by atoms with Crippen molar-refractivity contribution in [1.29, 1.82) is 0 Å². The number of piperidine rings is 1. The summed E-state index contributed by atoms with van der Waals surface area (Å²) in [5, 5.41) is 8.90. The van der Waals surface area contributed by atoms with Gasteiger partial charge in [0.25, 0.3) is 5.91 Å². The van der Waals surface area contributed by atoms with E-state index >= 15 is 0 Å². The molecular formula is C13H12N4O3. The number of fused-ring (bicyclic) bond motifs is 1. The molecule has 1 fully saturated rings. The minimum atomic E-state index is -0.682. The zero-order chi connectivity index (χ0) is 14.1. The molecule has 3 heterocycles. The second-order valence-corrected chi connectivity index (χ2v) is 4.57. The van der Waals surface area contributed by atoms with Crippen molar-refractivity contribution in [3.63, 3.8) is 0 Å². The van der Waals surface area contributed by atoms with Crippen LogP contribution in [0.4, 0.5) is 0 Å². The Hall–Kier alpha value is -2.70. The van der Waals surface area contributed by atoms with Crippen LogP contribution in [0.2, 0.25) is 0 Å². The van der Waals surface area contributed by atoms with Gasteiger partial charge in [0.1, 0.15) is 6.04 Å². The van der Waals surface area contributed by atoms with Crippen molar-refractivity contribution in [3.05, 3.63) is 36.2 Å². The van der Waals surface area contributed by atoms with Gasteiger partial charge in [0, 0.05) is 12.6 Å². The normalized spacial score (nSPS) is 18.9. The van der Waals surface area contributed by atoms with Crippen LogP contribution < -0.4 is 10.6 Å². The molecule has 2 aromatic heterocycles. The molecule has 0 aromatic carbocycles. The molecular weight excluding hydrogens is 260 g/mol. The first-order valence-electron chi connectivity index (χ1n) is 6.22. The van der Waals surface area contributed by atoms with Crippen LogP contribution in [0.15, 0.2) is 30.6 Å². The Bertz CT molecular complexity index is 706. The summed E-state index contributed by atoms with van der Waals surface area (Å²) in [4.78, 5) is 34.8. The smallest absolute Gasteiger partial charge is 0.255 e. The van der Waals surface area contributed by atoms with Crippen molar-refractivity contribution in [2.75, 3.05) is 0 Å². The van der Waals surface area contributed by atoms with E-state index in [0.29, 0.717) is 17.5 Å². The third-order valence-corrected chi connectivity index (χ3v) is 3.22. The van der Waals surface area contributed by atoms with Crippen molar-refractivity contribution < 1.29 is 14.4 Å². The fourth-order valence-electron chi connectivity index (χ4n) is 2.18. The van der Waals surface area contributed by atoms with Crippen LogP contribution in [0.5, 0.6) is 0 Å². The fourth-order valence-corrected chi connectivity index (χ4v) is 2.18. The zero-order valence-electron chi connectivity index (χ0n) is 10.5. The summed E-state index contributed by atoms with van der Waals surface area (Å²) in [5.74, 6) is -1.15. The van der Waals surface area contributed by atoms with E-state index in [2.05, 4.69) is 15.7 Å². The number of carbonyl (C=O) groups is 3. The van der Waals surface area contributed by atoms with Gasteiger partial charge in [0.15, 0.2) is 0 Å². The summed E-state index contributed by atoms with van der Waals surface area (Å²) in [7, 11) is 0. The van der Waals surface area contributed by atoms with E-state index in [1.54, 1.807) is 22.8 Å². The summed E-state index contributed by atoms with van der Waals surface area (Å²) >= 11 is 0. The molecule has 2 N–H and O–H groups in total. The molecule has 3 amide bonds. The highest BCUT2D eigenvalue weighted by Gasteiger charge is 2.28. The first-order chi connectivity index (χ1) is 9.65. The predicted molar refractivity (Wildman–Crippen MR) is 68.8 cm³/mol. The van der Waals surface area contributed by atoms with Gasteiger partial charge >= 0.3 is 0 Å². The molecule has 1 saturated heterocycles. The van der Waals surface area contributed by atoms with Crippen LogP contribution in [0.25, 0.3) is 5.52 Å². The molecule has 1 aliphatic rings. The fraction of sp³-hybridized carbons (Fsp3) is 0.231. The summed E-state index contributed by atoms with van der Waals surface area (Å²) in [6, 6.07) is 4.70. The number of nitrogens with zero attached hydrogens (tertiary/aromatic N) is 2. The Labute approximate surface area is 114 Å². The van der Waals surface area contributed by atoms with E-state index in [4.69, 9.17) is 0 Å². The van der Waals surface area contributed by atoms with Crippen LogP contribution >= 0.6 is 0 Å². The second-order valence-electron chi connectivity index (χ2n) is 4.57. The molecule has 20 heavy (non-hydrogen) atoms. The number of aromatic nitrogens is 2. The molecule has 7 nitrogen and oxygen atoms in total. The van der Waals surface area contributed by atoms with Gasteiger partial charge in [-0.15, -0.1) is 0 Å². The van der Waals surface area contributed by atoms with Gasteiger partial charge in [-0.2, -0.15) is 5.10 Å². The maximum Gasteiger partial charge on any atom is 0.255 e. The van der Waals surface area contributed by atoms with Crippen molar-refractivity contribution in [2.45, 2.75) is 18.9 Å². The van der Waals surface area contributed by atoms with Gasteiger partial charge < -0.3 is 5.32 Å². The van der Waals surface area contributed by atoms with Crippen LogP contribution in [0, 0.1) is 0 Å². The van der Waals surface area contributed by atoms with Crippen molar-refractivity contribution in [2.24, 2.45) is 0 Å². The molecule has 1 aliphatic heterocycles. The summed E-state index contributed by atoms with van der Waals surface area (Å²) in [5.41, 5.74) is 1.06. The quantitative estimate of drug-likeness (QED) is 0.745. The largest absolute Gasteiger partial charge is 0.340 e. The zero-order valence-corrected chi connectivity index (χ0v) is 10.5. The van der Waals surface area contributed by atoms with Gasteiger partial charge in [-0.3, -0.25) is 19.7 Å². The average Bonchev–Trinajstić information content (AvgIpc) is 2.86. The minimum Gasteiger partial charge on any atom is -0.340 e. The second kappa shape index (κ2) is 4.76. The van der Waals surface area contributed by atoms with Gasteiger partial charge in [-0.25, -0.2) is 4.52 Å². The lowest BCUT2D eigenvalue weighted by atomic mass is 10.1. The van der Waals surface area contributed by atoms with Crippen LogP contribution in [0.1, 0.15) is 23.2 Å². The number of pyridine rings is 1. The molecule has 0 spiro atoms. The SMILES string of the molecule is O=C1CC[C@@H](NC(=O)c2cnn3ccccc23)C(=O)N1. The van der Waals surface area contributed by atoms with E-state index < -0.39 is 11.9 Å². The number of nitrogens with one attached hydrogen (secondary N) is 2. The Morgan fingerprint density at radius 1 is 1.40 bits per heavy atom. The van der Waals surface area contributed by atoms with Crippen LogP contribution in [0.3, 0.4) is 0 Å². The van der Waals surface area contributed by atoms with Gasteiger partial charge in [-0.1, -0.05) is 6.07 Å². The molecule has 0 radical (unpaired) electrons. The molecule has 0 saturated carbocycles. The van der Waals surface area contributed by atoms with Crippen LogP contribution in [-0.4, -0.2) is 33.4 Å². The first kappa shape index (κ1) is 12.3. The highest BCUT2D eigenvalue weighted by atomic mass is 16.2. The molecule has 102 valence electrons. The van der Waals surface area contributed by atoms with E-state index in [1.165, 1.54) is 6.20 Å². The van der Waals surface area contributed by atoms with Gasteiger partial charge in [0.2, 0.25) is 11.8 Å². The highest BCUT2D eigenvalue weighted by molar-refractivity contribution is 6.05. The number of carbonyl (C=O) groups excluding carboxylic acids is 3. The predicted octanol–water partition coefficient (Wildman–Crippen LogP) is -0.131.